The number of aromatic hydroxyl groups is 1. The largest absolute Gasteiger partial charge is 0.493 e. The number of benzene rings is 1. The van der Waals surface area contributed by atoms with Crippen molar-refractivity contribution in [3.8, 4) is 11.9 Å². The van der Waals surface area contributed by atoms with Crippen molar-refractivity contribution in [1.29, 1.82) is 5.26 Å². The monoisotopic (exact) mass is 259 g/mol. The Morgan fingerprint density at radius 3 is 3.00 bits per heavy atom. The lowest BCUT2D eigenvalue weighted by molar-refractivity contribution is -0.384. The van der Waals surface area contributed by atoms with E-state index in [4.69, 9.17) is 5.26 Å². The Kier molecular flexibility index (Phi) is 3.38. The third kappa shape index (κ3) is 2.50. The molecule has 0 saturated heterocycles. The number of aromatic nitrogens is 1. The summed E-state index contributed by atoms with van der Waals surface area (Å²) in [6.07, 6.45) is 0.215. The van der Waals surface area contributed by atoms with Crippen LogP contribution in [0, 0.1) is 21.4 Å². The lowest BCUT2D eigenvalue weighted by Crippen LogP contribution is -1.86. The fourth-order valence-corrected chi connectivity index (χ4v) is 1.59. The molecule has 0 aliphatic carbocycles. The van der Waals surface area contributed by atoms with Crippen LogP contribution in [0.4, 0.5) is 11.4 Å². The number of fused-ring (bicyclic) bond motifs is 1. The molecule has 0 aliphatic rings. The maximum absolute atomic E-state index is 10.7. The van der Waals surface area contributed by atoms with Crippen LogP contribution in [0.5, 0.6) is 5.88 Å². The van der Waals surface area contributed by atoms with Gasteiger partial charge in [0.25, 0.3) is 5.69 Å². The highest BCUT2D eigenvalue weighted by Crippen LogP contribution is 2.37. The first kappa shape index (κ1) is 12.5. The van der Waals surface area contributed by atoms with Gasteiger partial charge in [0.15, 0.2) is 5.69 Å². The molecule has 0 radical (unpaired) electrons. The smallest absolute Gasteiger partial charge is 0.270 e. The minimum absolute atomic E-state index is 0.0972. The first-order valence-electron chi connectivity index (χ1n) is 5.37. The van der Waals surface area contributed by atoms with Crippen molar-refractivity contribution in [3.05, 3.63) is 28.3 Å². The van der Waals surface area contributed by atoms with Crippen LogP contribution in [0.15, 0.2) is 28.4 Å². The molecule has 1 aromatic heterocycles. The second-order valence-corrected chi connectivity index (χ2v) is 3.68. The maximum atomic E-state index is 10.7. The van der Waals surface area contributed by atoms with Gasteiger partial charge < -0.3 is 10.1 Å². The van der Waals surface area contributed by atoms with Gasteiger partial charge in [-0.05, 0) is 6.07 Å². The van der Waals surface area contributed by atoms with E-state index in [9.17, 15) is 15.2 Å². The molecule has 1 heterocycles. The number of non-ortho nitro benzene ring substituents is 1. The summed E-state index contributed by atoms with van der Waals surface area (Å²) in [5, 5.41) is 36.7. The van der Waals surface area contributed by atoms with Crippen molar-refractivity contribution >= 4 is 22.3 Å². The molecule has 0 fully saturated rings. The van der Waals surface area contributed by atoms with E-state index in [0.717, 1.165) is 0 Å². The van der Waals surface area contributed by atoms with Gasteiger partial charge in [-0.25, -0.2) is 0 Å². The van der Waals surface area contributed by atoms with Gasteiger partial charge in [0.05, 0.1) is 29.5 Å². The van der Waals surface area contributed by atoms with E-state index in [1.54, 1.807) is 0 Å². The van der Waals surface area contributed by atoms with Gasteiger partial charge in [-0.1, -0.05) is 0 Å². The van der Waals surface area contributed by atoms with E-state index in [2.05, 4.69) is 15.2 Å². The Hall–Kier alpha value is -2.95. The highest BCUT2D eigenvalue weighted by Gasteiger charge is 2.14. The number of nitrogens with one attached hydrogen (secondary N) is 1. The van der Waals surface area contributed by atoms with Crippen LogP contribution in [0.2, 0.25) is 0 Å². The standard InChI is InChI=1S/C11H9N5O3/c12-4-1-5-13-15-10-8-6-7(16(18)19)2-3-9(8)14-11(10)17/h2-3,6,14,17H,1,5H2. The fourth-order valence-electron chi connectivity index (χ4n) is 1.59. The molecule has 0 amide bonds. The number of nitriles is 1. The van der Waals surface area contributed by atoms with Gasteiger partial charge in [0, 0.05) is 17.5 Å². The number of hydrogen-bond donors (Lipinski definition) is 2. The fraction of sp³-hybridized carbons (Fsp3) is 0.182. The Bertz CT molecular complexity index is 698. The molecular weight excluding hydrogens is 250 g/mol. The van der Waals surface area contributed by atoms with Crippen LogP contribution in [0.1, 0.15) is 6.42 Å². The van der Waals surface area contributed by atoms with Crippen LogP contribution in [-0.2, 0) is 0 Å². The zero-order valence-corrected chi connectivity index (χ0v) is 9.70. The Morgan fingerprint density at radius 2 is 2.32 bits per heavy atom. The van der Waals surface area contributed by atoms with Gasteiger partial charge in [0.2, 0.25) is 5.88 Å². The van der Waals surface area contributed by atoms with Crippen molar-refractivity contribution in [2.45, 2.75) is 6.42 Å². The van der Waals surface area contributed by atoms with E-state index in [-0.39, 0.29) is 30.2 Å². The van der Waals surface area contributed by atoms with Gasteiger partial charge in [-0.2, -0.15) is 10.4 Å². The number of H-pyrrole nitrogens is 1. The molecule has 96 valence electrons. The van der Waals surface area contributed by atoms with Gasteiger partial charge in [-0.3, -0.25) is 10.1 Å². The molecule has 1 aromatic carbocycles. The summed E-state index contributed by atoms with van der Waals surface area (Å²) in [6.45, 7) is 0.206. The highest BCUT2D eigenvalue weighted by atomic mass is 16.6. The summed E-state index contributed by atoms with van der Waals surface area (Å²) in [6, 6.07) is 6.04. The quantitative estimate of drug-likeness (QED) is 0.378. The van der Waals surface area contributed by atoms with Crippen LogP contribution in [0.25, 0.3) is 10.9 Å². The summed E-state index contributed by atoms with van der Waals surface area (Å²) in [5.41, 5.74) is 0.564. The SMILES string of the molecule is N#CCCN=Nc1c(O)[nH]c2ccc([N+](=O)[O-])cc12. The van der Waals surface area contributed by atoms with Gasteiger partial charge >= 0.3 is 0 Å². The first-order valence-corrected chi connectivity index (χ1v) is 5.37. The number of azo groups is 1. The third-order valence-corrected chi connectivity index (χ3v) is 2.44. The maximum Gasteiger partial charge on any atom is 0.270 e. The van der Waals surface area contributed by atoms with Crippen LogP contribution >= 0.6 is 0 Å². The molecule has 2 N–H and O–H groups in total. The molecule has 2 aromatic rings. The zero-order valence-electron chi connectivity index (χ0n) is 9.70. The van der Waals surface area contributed by atoms with Crippen LogP contribution in [-0.4, -0.2) is 21.6 Å². The predicted octanol–water partition coefficient (Wildman–Crippen LogP) is 2.78. The topological polar surface area (TPSA) is 128 Å². The van der Waals surface area contributed by atoms with E-state index >= 15 is 0 Å². The first-order chi connectivity index (χ1) is 9.13. The van der Waals surface area contributed by atoms with Crippen molar-refractivity contribution in [1.82, 2.24) is 4.98 Å². The summed E-state index contributed by atoms with van der Waals surface area (Å²) in [5.74, 6) is -0.212. The second-order valence-electron chi connectivity index (χ2n) is 3.68. The minimum atomic E-state index is -0.528. The van der Waals surface area contributed by atoms with Crippen LogP contribution < -0.4 is 0 Å². The van der Waals surface area contributed by atoms with Crippen molar-refractivity contribution in [2.24, 2.45) is 10.2 Å². The normalized spacial score (nSPS) is 10.9. The Balaban J connectivity index is 2.44. The predicted molar refractivity (Wildman–Crippen MR) is 66.2 cm³/mol. The van der Waals surface area contributed by atoms with E-state index in [0.29, 0.717) is 10.9 Å². The highest BCUT2D eigenvalue weighted by molar-refractivity contribution is 5.95. The number of hydrogen-bond acceptors (Lipinski definition) is 6. The third-order valence-electron chi connectivity index (χ3n) is 2.44. The van der Waals surface area contributed by atoms with Crippen molar-refractivity contribution < 1.29 is 10.0 Å². The molecule has 0 unspecified atom stereocenters. The van der Waals surface area contributed by atoms with Gasteiger partial charge in [-0.15, -0.1) is 5.11 Å². The average molecular weight is 259 g/mol. The molecule has 2 rings (SSSR count). The summed E-state index contributed by atoms with van der Waals surface area (Å²) >= 11 is 0. The molecular formula is C11H9N5O3. The average Bonchev–Trinajstić information content (AvgIpc) is 2.70. The van der Waals surface area contributed by atoms with Crippen molar-refractivity contribution in [2.75, 3.05) is 6.54 Å². The zero-order chi connectivity index (χ0) is 13.8. The molecule has 0 saturated carbocycles. The molecule has 0 atom stereocenters. The number of nitro benzene ring substituents is 1. The summed E-state index contributed by atoms with van der Waals surface area (Å²) < 4.78 is 0. The molecule has 8 heteroatoms. The van der Waals surface area contributed by atoms with E-state index < -0.39 is 4.92 Å². The molecule has 0 bridgehead atoms. The second kappa shape index (κ2) is 5.14. The van der Waals surface area contributed by atoms with E-state index in [1.807, 2.05) is 6.07 Å². The minimum Gasteiger partial charge on any atom is -0.493 e. The molecule has 0 aliphatic heterocycles. The number of aromatic amines is 1. The lowest BCUT2D eigenvalue weighted by Gasteiger charge is -1.93. The van der Waals surface area contributed by atoms with Crippen molar-refractivity contribution in [3.63, 3.8) is 0 Å². The number of nitrogens with zero attached hydrogens (tertiary/aromatic N) is 4. The number of nitro groups is 1. The Labute approximate surface area is 107 Å². The number of rotatable bonds is 4. The lowest BCUT2D eigenvalue weighted by atomic mass is 10.2. The Morgan fingerprint density at radius 1 is 1.53 bits per heavy atom. The summed E-state index contributed by atoms with van der Waals surface area (Å²) in [4.78, 5) is 12.8. The van der Waals surface area contributed by atoms with E-state index in [1.165, 1.54) is 18.2 Å². The van der Waals surface area contributed by atoms with Gasteiger partial charge in [0.1, 0.15) is 0 Å². The summed E-state index contributed by atoms with van der Waals surface area (Å²) in [7, 11) is 0. The van der Waals surface area contributed by atoms with Crippen LogP contribution in [0.3, 0.4) is 0 Å². The molecule has 0 spiro atoms. The molecule has 8 nitrogen and oxygen atoms in total. The molecule has 19 heavy (non-hydrogen) atoms.